The van der Waals surface area contributed by atoms with Crippen molar-refractivity contribution >= 4 is 11.9 Å². The number of ether oxygens (including phenoxy) is 2. The molecule has 0 fully saturated rings. The van der Waals surface area contributed by atoms with Gasteiger partial charge < -0.3 is 14.8 Å². The van der Waals surface area contributed by atoms with Gasteiger partial charge in [-0.15, -0.1) is 0 Å². The van der Waals surface area contributed by atoms with Gasteiger partial charge in [0.15, 0.2) is 6.61 Å². The molecule has 0 aromatic heterocycles. The number of esters is 1. The number of hydrogen-bond acceptors (Lipinski definition) is 4. The average molecular weight is 355 g/mol. The number of methoxy groups -OCH3 is 1. The van der Waals surface area contributed by atoms with Crippen LogP contribution in [-0.4, -0.2) is 25.6 Å². The molecule has 2 aromatic carbocycles. The summed E-state index contributed by atoms with van der Waals surface area (Å²) < 4.78 is 10.3. The number of para-hydroxylation sites is 1. The summed E-state index contributed by atoms with van der Waals surface area (Å²) in [5.74, 6) is -0.0861. The highest BCUT2D eigenvalue weighted by atomic mass is 16.5. The zero-order valence-corrected chi connectivity index (χ0v) is 15.4. The van der Waals surface area contributed by atoms with Gasteiger partial charge in [0.1, 0.15) is 11.3 Å². The Balaban J connectivity index is 1.96. The van der Waals surface area contributed by atoms with Crippen molar-refractivity contribution in [2.75, 3.05) is 13.7 Å². The second-order valence-corrected chi connectivity index (χ2v) is 6.44. The molecule has 0 radical (unpaired) electrons. The Hall–Kier alpha value is -2.82. The zero-order chi connectivity index (χ0) is 18.9. The van der Waals surface area contributed by atoms with Crippen LogP contribution in [0, 0.1) is 5.92 Å². The van der Waals surface area contributed by atoms with Crippen molar-refractivity contribution in [1.82, 2.24) is 5.32 Å². The van der Waals surface area contributed by atoms with Crippen molar-refractivity contribution < 1.29 is 19.1 Å². The van der Waals surface area contributed by atoms with Gasteiger partial charge in [-0.05, 0) is 30.0 Å². The summed E-state index contributed by atoms with van der Waals surface area (Å²) >= 11 is 0. The third kappa shape index (κ3) is 5.62. The van der Waals surface area contributed by atoms with E-state index in [1.165, 1.54) is 7.11 Å². The normalized spacial score (nSPS) is 11.7. The van der Waals surface area contributed by atoms with E-state index in [-0.39, 0.29) is 18.6 Å². The standard InChI is InChI=1S/C21H25NO4/c1-15(2)13-18(16-9-5-4-6-10-16)22-20(23)14-26-21(24)17-11-7-8-12-19(17)25-3/h4-12,15,18H,13-14H2,1-3H3,(H,22,23)/t18-/m1/s1. The Morgan fingerprint density at radius 2 is 1.65 bits per heavy atom. The summed E-state index contributed by atoms with van der Waals surface area (Å²) in [7, 11) is 1.48. The predicted molar refractivity (Wildman–Crippen MR) is 100 cm³/mol. The molecule has 1 N–H and O–H groups in total. The maximum atomic E-state index is 12.3. The molecule has 0 spiro atoms. The SMILES string of the molecule is COc1ccccc1C(=O)OCC(=O)N[C@H](CC(C)C)c1ccccc1. The van der Waals surface area contributed by atoms with E-state index in [9.17, 15) is 9.59 Å². The topological polar surface area (TPSA) is 64.6 Å². The van der Waals surface area contributed by atoms with Crippen LogP contribution in [-0.2, 0) is 9.53 Å². The Morgan fingerprint density at radius 3 is 2.31 bits per heavy atom. The van der Waals surface area contributed by atoms with Crippen LogP contribution < -0.4 is 10.1 Å². The summed E-state index contributed by atoms with van der Waals surface area (Å²) in [5.41, 5.74) is 1.33. The van der Waals surface area contributed by atoms with Crippen LogP contribution in [0.25, 0.3) is 0 Å². The third-order valence-corrected chi connectivity index (χ3v) is 3.91. The van der Waals surface area contributed by atoms with Crippen molar-refractivity contribution in [3.05, 3.63) is 65.7 Å². The van der Waals surface area contributed by atoms with E-state index >= 15 is 0 Å². The minimum atomic E-state index is -0.585. The van der Waals surface area contributed by atoms with Crippen LogP contribution in [0.15, 0.2) is 54.6 Å². The molecule has 26 heavy (non-hydrogen) atoms. The summed E-state index contributed by atoms with van der Waals surface area (Å²) in [5, 5.41) is 2.95. The molecular formula is C21H25NO4. The van der Waals surface area contributed by atoms with Crippen molar-refractivity contribution in [3.8, 4) is 5.75 Å². The first-order valence-electron chi connectivity index (χ1n) is 8.65. The number of nitrogens with one attached hydrogen (secondary N) is 1. The molecule has 5 heteroatoms. The lowest BCUT2D eigenvalue weighted by atomic mass is 9.97. The number of carbonyl (C=O) groups excluding carboxylic acids is 2. The lowest BCUT2D eigenvalue weighted by Crippen LogP contribution is -2.33. The maximum Gasteiger partial charge on any atom is 0.342 e. The third-order valence-electron chi connectivity index (χ3n) is 3.91. The van der Waals surface area contributed by atoms with Crippen molar-refractivity contribution in [2.24, 2.45) is 5.92 Å². The summed E-state index contributed by atoms with van der Waals surface area (Å²) in [6, 6.07) is 16.4. The van der Waals surface area contributed by atoms with E-state index in [0.717, 1.165) is 12.0 Å². The Bertz CT molecular complexity index is 728. The van der Waals surface area contributed by atoms with Crippen LogP contribution in [0.2, 0.25) is 0 Å². The van der Waals surface area contributed by atoms with Gasteiger partial charge in [0.2, 0.25) is 0 Å². The molecule has 0 unspecified atom stereocenters. The second-order valence-electron chi connectivity index (χ2n) is 6.44. The van der Waals surface area contributed by atoms with Gasteiger partial charge in [-0.3, -0.25) is 4.79 Å². The molecule has 2 rings (SSSR count). The second kappa shape index (κ2) is 9.61. The first-order valence-corrected chi connectivity index (χ1v) is 8.65. The van der Waals surface area contributed by atoms with E-state index in [0.29, 0.717) is 17.2 Å². The lowest BCUT2D eigenvalue weighted by Gasteiger charge is -2.21. The van der Waals surface area contributed by atoms with Gasteiger partial charge in [0, 0.05) is 0 Å². The monoisotopic (exact) mass is 355 g/mol. The largest absolute Gasteiger partial charge is 0.496 e. The Kier molecular flexibility index (Phi) is 7.21. The van der Waals surface area contributed by atoms with Gasteiger partial charge in [-0.25, -0.2) is 4.79 Å². The highest BCUT2D eigenvalue weighted by Crippen LogP contribution is 2.21. The quantitative estimate of drug-likeness (QED) is 0.733. The molecular weight excluding hydrogens is 330 g/mol. The minimum absolute atomic E-state index is 0.117. The molecule has 0 aliphatic carbocycles. The van der Waals surface area contributed by atoms with Crippen LogP contribution in [0.4, 0.5) is 0 Å². The predicted octanol–water partition coefficient (Wildman–Crippen LogP) is 3.76. The molecule has 0 bridgehead atoms. The maximum absolute atomic E-state index is 12.3. The highest BCUT2D eigenvalue weighted by Gasteiger charge is 2.18. The molecule has 0 saturated heterocycles. The summed E-state index contributed by atoms with van der Waals surface area (Å²) in [4.78, 5) is 24.5. The van der Waals surface area contributed by atoms with Crippen molar-refractivity contribution in [3.63, 3.8) is 0 Å². The molecule has 0 heterocycles. The van der Waals surface area contributed by atoms with Gasteiger partial charge in [-0.1, -0.05) is 56.3 Å². The van der Waals surface area contributed by atoms with Crippen LogP contribution >= 0.6 is 0 Å². The number of rotatable bonds is 8. The minimum Gasteiger partial charge on any atom is -0.496 e. The number of hydrogen-bond donors (Lipinski definition) is 1. The van der Waals surface area contributed by atoms with Crippen LogP contribution in [0.3, 0.4) is 0 Å². The molecule has 0 aliphatic heterocycles. The van der Waals surface area contributed by atoms with E-state index in [4.69, 9.17) is 9.47 Å². The van der Waals surface area contributed by atoms with Crippen molar-refractivity contribution in [2.45, 2.75) is 26.3 Å². The number of benzene rings is 2. The molecule has 1 atom stereocenters. The molecule has 2 aromatic rings. The van der Waals surface area contributed by atoms with E-state index < -0.39 is 5.97 Å². The molecule has 1 amide bonds. The number of carbonyl (C=O) groups is 2. The number of amides is 1. The van der Waals surface area contributed by atoms with E-state index in [2.05, 4.69) is 19.2 Å². The fraction of sp³-hybridized carbons (Fsp3) is 0.333. The average Bonchev–Trinajstić information content (AvgIpc) is 2.66. The molecule has 138 valence electrons. The van der Waals surface area contributed by atoms with Gasteiger partial charge in [0.05, 0.1) is 13.2 Å². The van der Waals surface area contributed by atoms with Crippen molar-refractivity contribution in [1.29, 1.82) is 0 Å². The fourth-order valence-corrected chi connectivity index (χ4v) is 2.69. The molecule has 0 aliphatic rings. The molecule has 5 nitrogen and oxygen atoms in total. The highest BCUT2D eigenvalue weighted by molar-refractivity contribution is 5.94. The van der Waals surface area contributed by atoms with Crippen LogP contribution in [0.1, 0.15) is 42.2 Å². The van der Waals surface area contributed by atoms with Gasteiger partial charge in [-0.2, -0.15) is 0 Å². The lowest BCUT2D eigenvalue weighted by molar-refractivity contribution is -0.125. The Labute approximate surface area is 154 Å². The van der Waals surface area contributed by atoms with Gasteiger partial charge in [0.25, 0.3) is 5.91 Å². The smallest absolute Gasteiger partial charge is 0.342 e. The van der Waals surface area contributed by atoms with E-state index in [1.54, 1.807) is 24.3 Å². The Morgan fingerprint density at radius 1 is 1.00 bits per heavy atom. The summed E-state index contributed by atoms with van der Waals surface area (Å²) in [6.45, 7) is 3.87. The fourth-order valence-electron chi connectivity index (χ4n) is 2.69. The summed E-state index contributed by atoms with van der Waals surface area (Å²) in [6.07, 6.45) is 0.802. The van der Waals surface area contributed by atoms with Gasteiger partial charge >= 0.3 is 5.97 Å². The molecule has 0 saturated carbocycles. The zero-order valence-electron chi connectivity index (χ0n) is 15.4. The van der Waals surface area contributed by atoms with Crippen LogP contribution in [0.5, 0.6) is 5.75 Å². The first-order chi connectivity index (χ1) is 12.5. The first kappa shape index (κ1) is 19.5. The van der Waals surface area contributed by atoms with E-state index in [1.807, 2.05) is 30.3 Å².